The van der Waals surface area contributed by atoms with Crippen molar-refractivity contribution in [1.29, 1.82) is 0 Å². The molecule has 0 aromatic heterocycles. The number of carbonyl (C=O) groups is 2. The highest BCUT2D eigenvalue weighted by atomic mass is 35.5. The second kappa shape index (κ2) is 8.76. The van der Waals surface area contributed by atoms with Gasteiger partial charge in [-0.15, -0.1) is 23.4 Å². The number of rotatable bonds is 7. The van der Waals surface area contributed by atoms with Crippen LogP contribution in [-0.2, 0) is 4.79 Å². The molecule has 4 nitrogen and oxygen atoms in total. The van der Waals surface area contributed by atoms with E-state index < -0.39 is 11.9 Å². The maximum atomic E-state index is 12.4. The molecule has 0 saturated carbocycles. The number of hydrogen-bond donors (Lipinski definition) is 2. The first-order valence-electron chi connectivity index (χ1n) is 7.39. The number of amides is 1. The van der Waals surface area contributed by atoms with Crippen molar-refractivity contribution in [3.8, 4) is 5.75 Å². The minimum Gasteiger partial charge on any atom is -0.508 e. The minimum absolute atomic E-state index is 0.0431. The number of phenols is 1. The Morgan fingerprint density at radius 3 is 2.54 bits per heavy atom. The van der Waals surface area contributed by atoms with Crippen LogP contribution in [-0.4, -0.2) is 34.5 Å². The molecule has 0 aliphatic carbocycles. The third kappa shape index (κ3) is 4.76. The number of ketones is 1. The lowest BCUT2D eigenvalue weighted by Crippen LogP contribution is -2.43. The van der Waals surface area contributed by atoms with E-state index in [2.05, 4.69) is 5.32 Å². The van der Waals surface area contributed by atoms with Crippen LogP contribution in [0.2, 0.25) is 0 Å². The van der Waals surface area contributed by atoms with E-state index in [0.717, 1.165) is 4.90 Å². The van der Waals surface area contributed by atoms with Crippen LogP contribution < -0.4 is 5.32 Å². The third-order valence-electron chi connectivity index (χ3n) is 3.54. The van der Waals surface area contributed by atoms with Gasteiger partial charge in [-0.3, -0.25) is 9.59 Å². The summed E-state index contributed by atoms with van der Waals surface area (Å²) in [7, 11) is 0. The molecule has 126 valence electrons. The Morgan fingerprint density at radius 1 is 1.17 bits per heavy atom. The maximum absolute atomic E-state index is 12.4. The lowest BCUT2D eigenvalue weighted by molar-refractivity contribution is -0.118. The van der Waals surface area contributed by atoms with Crippen molar-refractivity contribution >= 4 is 35.1 Å². The zero-order valence-corrected chi connectivity index (χ0v) is 14.7. The molecule has 0 fully saturated rings. The molecule has 0 unspecified atom stereocenters. The zero-order valence-electron chi connectivity index (χ0n) is 13.2. The van der Waals surface area contributed by atoms with E-state index in [4.69, 9.17) is 11.6 Å². The normalized spacial score (nSPS) is 11.8. The van der Waals surface area contributed by atoms with E-state index in [1.165, 1.54) is 17.8 Å². The monoisotopic (exact) mass is 363 g/mol. The summed E-state index contributed by atoms with van der Waals surface area (Å²) in [5, 5.41) is 12.4. The van der Waals surface area contributed by atoms with Crippen molar-refractivity contribution in [2.24, 2.45) is 0 Å². The van der Waals surface area contributed by atoms with Gasteiger partial charge in [-0.25, -0.2) is 0 Å². The summed E-state index contributed by atoms with van der Waals surface area (Å²) in [5.74, 6) is -0.383. The van der Waals surface area contributed by atoms with E-state index in [-0.39, 0.29) is 17.4 Å². The second-order valence-electron chi connectivity index (χ2n) is 5.20. The predicted molar refractivity (Wildman–Crippen MR) is 97.0 cm³/mol. The number of benzene rings is 2. The Hall–Kier alpha value is -1.98. The van der Waals surface area contributed by atoms with Crippen LogP contribution in [0.4, 0.5) is 0 Å². The van der Waals surface area contributed by atoms with Gasteiger partial charge in [-0.05, 0) is 31.2 Å². The quantitative estimate of drug-likeness (QED) is 0.584. The van der Waals surface area contributed by atoms with Crippen LogP contribution in [0.25, 0.3) is 0 Å². The van der Waals surface area contributed by atoms with Crippen molar-refractivity contribution in [1.82, 2.24) is 5.32 Å². The first-order chi connectivity index (χ1) is 11.5. The van der Waals surface area contributed by atoms with E-state index in [1.807, 2.05) is 30.3 Å². The van der Waals surface area contributed by atoms with E-state index in [1.54, 1.807) is 19.1 Å². The SMILES string of the molecule is Cc1c(O)cccc1C(=O)N[C@@H](CSc1ccccc1)C(=O)CCl. The zero-order chi connectivity index (χ0) is 17.5. The third-order valence-corrected chi connectivity index (χ3v) is 4.90. The lowest BCUT2D eigenvalue weighted by Gasteiger charge is -2.17. The van der Waals surface area contributed by atoms with Gasteiger partial charge in [0, 0.05) is 21.8 Å². The molecule has 6 heteroatoms. The first-order valence-corrected chi connectivity index (χ1v) is 8.91. The van der Waals surface area contributed by atoms with Crippen molar-refractivity contribution in [2.75, 3.05) is 11.6 Å². The van der Waals surface area contributed by atoms with Gasteiger partial charge in [-0.1, -0.05) is 24.3 Å². The van der Waals surface area contributed by atoms with E-state index in [9.17, 15) is 14.7 Å². The Labute approximate surface area is 150 Å². The maximum Gasteiger partial charge on any atom is 0.252 e. The van der Waals surface area contributed by atoms with Gasteiger partial charge in [0.05, 0.1) is 11.9 Å². The standard InChI is InChI=1S/C18H18ClNO3S/c1-12-14(8-5-9-16(12)21)18(23)20-15(17(22)10-19)11-24-13-6-3-2-4-7-13/h2-9,15,21H,10-11H2,1H3,(H,20,23)/t15-/m0/s1. The summed E-state index contributed by atoms with van der Waals surface area (Å²) in [4.78, 5) is 25.5. The Kier molecular flexibility index (Phi) is 6.70. The van der Waals surface area contributed by atoms with Gasteiger partial charge in [0.25, 0.3) is 5.91 Å². The minimum atomic E-state index is -0.693. The molecule has 0 bridgehead atoms. The number of phenolic OH excluding ortho intramolecular Hbond substituents is 1. The number of halogens is 1. The van der Waals surface area contributed by atoms with E-state index >= 15 is 0 Å². The molecule has 2 rings (SSSR count). The fourth-order valence-electron chi connectivity index (χ4n) is 2.11. The molecular weight excluding hydrogens is 346 g/mol. The summed E-state index contributed by atoms with van der Waals surface area (Å²) in [6.45, 7) is 1.65. The number of alkyl halides is 1. The molecule has 1 atom stereocenters. The average Bonchev–Trinajstić information content (AvgIpc) is 2.61. The van der Waals surface area contributed by atoms with Gasteiger partial charge in [0.15, 0.2) is 5.78 Å². The number of Topliss-reactive ketones (excluding diaryl/α,β-unsaturated/α-hetero) is 1. The molecule has 0 radical (unpaired) electrons. The summed E-state index contributed by atoms with van der Waals surface area (Å²) >= 11 is 7.14. The lowest BCUT2D eigenvalue weighted by atomic mass is 10.1. The number of nitrogens with one attached hydrogen (secondary N) is 1. The van der Waals surface area contributed by atoms with Crippen LogP contribution in [0, 0.1) is 6.92 Å². The molecule has 0 aliphatic rings. The number of aromatic hydroxyl groups is 1. The van der Waals surface area contributed by atoms with Gasteiger partial charge < -0.3 is 10.4 Å². The first kappa shape index (κ1) is 18.4. The molecular formula is C18H18ClNO3S. The van der Waals surface area contributed by atoms with Crippen LogP contribution in [0.3, 0.4) is 0 Å². The molecule has 1 amide bonds. The van der Waals surface area contributed by atoms with Crippen molar-refractivity contribution < 1.29 is 14.7 Å². The number of carbonyl (C=O) groups excluding carboxylic acids is 2. The Morgan fingerprint density at radius 2 is 1.88 bits per heavy atom. The molecule has 0 heterocycles. The summed E-state index contributed by atoms with van der Waals surface area (Å²) in [6, 6.07) is 13.6. The average molecular weight is 364 g/mol. The van der Waals surface area contributed by atoms with Crippen molar-refractivity contribution in [3.63, 3.8) is 0 Å². The molecule has 0 aliphatic heterocycles. The molecule has 0 spiro atoms. The summed E-state index contributed by atoms with van der Waals surface area (Å²) < 4.78 is 0. The Balaban J connectivity index is 2.09. The highest BCUT2D eigenvalue weighted by molar-refractivity contribution is 7.99. The van der Waals surface area contributed by atoms with Crippen molar-refractivity contribution in [2.45, 2.75) is 17.9 Å². The van der Waals surface area contributed by atoms with Crippen LogP contribution in [0.15, 0.2) is 53.4 Å². The fraction of sp³-hybridized carbons (Fsp3) is 0.222. The van der Waals surface area contributed by atoms with Gasteiger partial charge in [0.2, 0.25) is 0 Å². The number of thioether (sulfide) groups is 1. The highest BCUT2D eigenvalue weighted by Crippen LogP contribution is 2.21. The van der Waals surface area contributed by atoms with Crippen LogP contribution in [0.1, 0.15) is 15.9 Å². The molecule has 24 heavy (non-hydrogen) atoms. The summed E-state index contributed by atoms with van der Waals surface area (Å²) in [6.07, 6.45) is 0. The molecule has 2 aromatic carbocycles. The van der Waals surface area contributed by atoms with Crippen LogP contribution >= 0.6 is 23.4 Å². The smallest absolute Gasteiger partial charge is 0.252 e. The second-order valence-corrected chi connectivity index (χ2v) is 6.56. The van der Waals surface area contributed by atoms with Gasteiger partial charge in [-0.2, -0.15) is 0 Å². The summed E-state index contributed by atoms with van der Waals surface area (Å²) in [5.41, 5.74) is 0.815. The van der Waals surface area contributed by atoms with Crippen LogP contribution in [0.5, 0.6) is 5.75 Å². The van der Waals surface area contributed by atoms with Crippen molar-refractivity contribution in [3.05, 3.63) is 59.7 Å². The largest absolute Gasteiger partial charge is 0.508 e. The molecule has 2 N–H and O–H groups in total. The topological polar surface area (TPSA) is 66.4 Å². The Bertz CT molecular complexity index is 721. The number of hydrogen-bond acceptors (Lipinski definition) is 4. The van der Waals surface area contributed by atoms with Gasteiger partial charge in [0.1, 0.15) is 5.75 Å². The molecule has 2 aromatic rings. The fourth-order valence-corrected chi connectivity index (χ4v) is 3.27. The highest BCUT2D eigenvalue weighted by Gasteiger charge is 2.22. The van der Waals surface area contributed by atoms with Gasteiger partial charge >= 0.3 is 0 Å². The molecule has 0 saturated heterocycles. The predicted octanol–water partition coefficient (Wildman–Crippen LogP) is 3.40. The van der Waals surface area contributed by atoms with E-state index in [0.29, 0.717) is 16.9 Å².